The van der Waals surface area contributed by atoms with Crippen LogP contribution in [0.15, 0.2) is 36.4 Å². The molecule has 84 heavy (non-hydrogen) atoms. The van der Waals surface area contributed by atoms with Gasteiger partial charge in [-0.25, -0.2) is 0 Å². The maximum absolute atomic E-state index is 13.0. The third-order valence-corrected chi connectivity index (χ3v) is 16.8. The molecule has 0 atom stereocenters. The van der Waals surface area contributed by atoms with Crippen LogP contribution in [0.2, 0.25) is 0 Å². The third kappa shape index (κ3) is 22.1. The summed E-state index contributed by atoms with van der Waals surface area (Å²) in [7, 11) is 0. The molecule has 1 saturated heterocycles. The molecule has 1 aliphatic rings. The molecule has 0 bridgehead atoms. The zero-order chi connectivity index (χ0) is 63.3. The Kier molecular flexibility index (Phi) is 25.7. The highest BCUT2D eigenvalue weighted by atomic mass is 32.1. The van der Waals surface area contributed by atoms with Crippen LogP contribution in [0.25, 0.3) is 0 Å². The lowest BCUT2D eigenvalue weighted by molar-refractivity contribution is -0.144. The van der Waals surface area contributed by atoms with Gasteiger partial charge in [-0.05, 0) is 160 Å². The lowest BCUT2D eigenvalue weighted by Crippen LogP contribution is -2.58. The standard InChI is InChI=1S/C69H105N3O9S3/c1-64(2,3)49-37-46(38-50(61(49)76)65(4,5)6)28-31-58(73)79-34-22-19-25-55(82)70-43-71(56(83)26-20-23-35-80-59(74)32-29-47-39-51(66(7,8)9)62(77)52(40-47)67(10,11)12)45-72(44-70)57(84)27-21-24-36-81-60(75)33-30-48-41-53(68(13,14)15)63(78)54(42-48)69(16,17)18/h37-42,76-78H,19-36,43-45H2,1-18H3. The van der Waals surface area contributed by atoms with Gasteiger partial charge in [-0.1, -0.05) is 198 Å². The van der Waals surface area contributed by atoms with Gasteiger partial charge in [-0.15, -0.1) is 0 Å². The first kappa shape index (κ1) is 71.6. The summed E-state index contributed by atoms with van der Waals surface area (Å²) in [6.07, 6.45) is 8.28. The number of aromatic hydroxyl groups is 3. The van der Waals surface area contributed by atoms with Gasteiger partial charge in [-0.3, -0.25) is 14.4 Å². The van der Waals surface area contributed by atoms with Crippen molar-refractivity contribution in [1.29, 1.82) is 0 Å². The van der Waals surface area contributed by atoms with E-state index in [1.165, 1.54) is 0 Å². The second-order valence-electron chi connectivity index (χ2n) is 29.4. The van der Waals surface area contributed by atoms with Crippen LogP contribution in [0, 0.1) is 0 Å². The average Bonchev–Trinajstić information content (AvgIpc) is 2.73. The fourth-order valence-corrected chi connectivity index (χ4v) is 11.1. The molecule has 0 spiro atoms. The van der Waals surface area contributed by atoms with Crippen molar-refractivity contribution in [2.75, 3.05) is 39.8 Å². The summed E-state index contributed by atoms with van der Waals surface area (Å²) in [5.74, 6) is 0.192. The van der Waals surface area contributed by atoms with Crippen molar-refractivity contribution in [3.05, 3.63) is 86.5 Å². The van der Waals surface area contributed by atoms with Crippen molar-refractivity contribution in [2.45, 2.75) is 253 Å². The number of benzene rings is 3. The Morgan fingerprint density at radius 3 is 0.726 bits per heavy atom. The molecule has 3 N–H and O–H groups in total. The molecular weight excluding hydrogens is 1110 g/mol. The molecule has 1 heterocycles. The van der Waals surface area contributed by atoms with Crippen LogP contribution < -0.4 is 0 Å². The van der Waals surface area contributed by atoms with E-state index in [-0.39, 0.29) is 69.7 Å². The normalized spacial score (nSPS) is 13.7. The van der Waals surface area contributed by atoms with E-state index in [1.54, 1.807) is 0 Å². The highest BCUT2D eigenvalue weighted by Gasteiger charge is 2.31. The predicted molar refractivity (Wildman–Crippen MR) is 354 cm³/mol. The maximum Gasteiger partial charge on any atom is 0.306 e. The van der Waals surface area contributed by atoms with Crippen LogP contribution >= 0.6 is 36.7 Å². The van der Waals surface area contributed by atoms with E-state index in [2.05, 4.69) is 139 Å². The minimum absolute atomic E-state index is 0.241. The molecule has 4 rings (SSSR count). The van der Waals surface area contributed by atoms with Gasteiger partial charge in [-0.2, -0.15) is 0 Å². The van der Waals surface area contributed by atoms with Crippen LogP contribution in [0.4, 0.5) is 0 Å². The number of unbranched alkanes of at least 4 members (excludes halogenated alkanes) is 3. The van der Waals surface area contributed by atoms with Crippen molar-refractivity contribution in [1.82, 2.24) is 14.7 Å². The quantitative estimate of drug-likeness (QED) is 0.0338. The van der Waals surface area contributed by atoms with E-state index in [0.717, 1.165) is 84.3 Å². The van der Waals surface area contributed by atoms with Gasteiger partial charge in [0.1, 0.15) is 17.2 Å². The van der Waals surface area contributed by atoms with E-state index in [9.17, 15) is 29.7 Å². The van der Waals surface area contributed by atoms with Crippen LogP contribution in [0.3, 0.4) is 0 Å². The molecule has 468 valence electrons. The molecule has 0 amide bonds. The third-order valence-electron chi connectivity index (χ3n) is 15.4. The van der Waals surface area contributed by atoms with Crippen LogP contribution in [0.1, 0.15) is 252 Å². The van der Waals surface area contributed by atoms with E-state index in [4.69, 9.17) is 50.9 Å². The van der Waals surface area contributed by atoms with Gasteiger partial charge in [0.25, 0.3) is 0 Å². The number of thiocarbonyl (C=S) groups is 3. The van der Waals surface area contributed by atoms with Crippen molar-refractivity contribution in [3.8, 4) is 17.2 Å². The van der Waals surface area contributed by atoms with E-state index >= 15 is 0 Å². The van der Waals surface area contributed by atoms with Gasteiger partial charge in [0, 0.05) is 19.3 Å². The number of ether oxygens (including phenoxy) is 3. The number of phenols is 3. The molecule has 1 aliphatic heterocycles. The van der Waals surface area contributed by atoms with Gasteiger partial charge >= 0.3 is 17.9 Å². The lowest BCUT2D eigenvalue weighted by atomic mass is 9.78. The predicted octanol–water partition coefficient (Wildman–Crippen LogP) is 15.7. The summed E-state index contributed by atoms with van der Waals surface area (Å²) < 4.78 is 17.1. The largest absolute Gasteiger partial charge is 0.507 e. The number of nitrogens with zero attached hydrogens (tertiary/aromatic N) is 3. The number of hydrogen-bond donors (Lipinski definition) is 3. The van der Waals surface area contributed by atoms with E-state index in [0.29, 0.717) is 115 Å². The number of hydrogen-bond acceptors (Lipinski definition) is 12. The van der Waals surface area contributed by atoms with Gasteiger partial charge in [0.05, 0.1) is 54.8 Å². The highest BCUT2D eigenvalue weighted by Crippen LogP contribution is 2.43. The SMILES string of the molecule is CC(C)(C)c1cc(CCC(=O)OCCCCC(=S)N2CN(C(=S)CCCCOC(=O)CCc3cc(C(C)(C)C)c(O)c(C(C)(C)C)c3)CN(C(=S)CCCCOC(=O)CCc3cc(C(C)(C)C)c(O)c(C(C)(C)C)c3)C2)cc(C(C)(C)C)c1O. The van der Waals surface area contributed by atoms with E-state index < -0.39 is 0 Å². The molecular formula is C69H105N3O9S3. The molecule has 1 fully saturated rings. The van der Waals surface area contributed by atoms with Gasteiger partial charge in [0.2, 0.25) is 0 Å². The summed E-state index contributed by atoms with van der Waals surface area (Å²) in [5, 5.41) is 33.5. The minimum atomic E-state index is -0.260. The first-order chi connectivity index (χ1) is 38.7. The number of carbonyl (C=O) groups excluding carboxylic acids is 3. The van der Waals surface area contributed by atoms with Crippen LogP contribution in [-0.2, 0) is 80.3 Å². The van der Waals surface area contributed by atoms with Crippen molar-refractivity contribution < 1.29 is 43.9 Å². The zero-order valence-corrected chi connectivity index (χ0v) is 57.1. The van der Waals surface area contributed by atoms with Gasteiger partial charge in [0.15, 0.2) is 0 Å². The molecule has 0 aliphatic carbocycles. The molecule has 0 aromatic heterocycles. The van der Waals surface area contributed by atoms with Gasteiger partial charge < -0.3 is 44.2 Å². The second-order valence-corrected chi connectivity index (χ2v) is 30.8. The Morgan fingerprint density at radius 2 is 0.548 bits per heavy atom. The summed E-state index contributed by atoms with van der Waals surface area (Å²) in [4.78, 5) is 47.7. The number of carbonyl (C=O) groups is 3. The van der Waals surface area contributed by atoms with Crippen molar-refractivity contribution >= 4 is 69.5 Å². The van der Waals surface area contributed by atoms with Crippen molar-refractivity contribution in [3.63, 3.8) is 0 Å². The fraction of sp³-hybridized carbons (Fsp3) is 0.652. The zero-order valence-electron chi connectivity index (χ0n) is 54.7. The van der Waals surface area contributed by atoms with E-state index in [1.807, 2.05) is 36.4 Å². The first-order valence-corrected chi connectivity index (χ1v) is 31.8. The number of esters is 3. The first-order valence-electron chi connectivity index (χ1n) is 30.6. The molecule has 3 aromatic rings. The molecule has 3 aromatic carbocycles. The molecule has 0 saturated carbocycles. The molecule has 15 heteroatoms. The Bertz CT molecular complexity index is 2370. The Hall–Kier alpha value is -4.86. The second kappa shape index (κ2) is 30.2. The topological polar surface area (TPSA) is 149 Å². The smallest absolute Gasteiger partial charge is 0.306 e. The minimum Gasteiger partial charge on any atom is -0.507 e. The number of phenolic OH excluding ortho intramolecular Hbond substituents is 3. The Labute approximate surface area is 522 Å². The number of rotatable bonds is 24. The Morgan fingerprint density at radius 1 is 0.357 bits per heavy atom. The lowest BCUT2D eigenvalue weighted by Gasteiger charge is -2.45. The molecule has 0 unspecified atom stereocenters. The Balaban J connectivity index is 1.31. The summed E-state index contributed by atoms with van der Waals surface area (Å²) in [5.41, 5.74) is 6.68. The fourth-order valence-electron chi connectivity index (χ4n) is 10.3. The monoisotopic (exact) mass is 1220 g/mol. The molecule has 0 radical (unpaired) electrons. The van der Waals surface area contributed by atoms with Crippen molar-refractivity contribution in [2.24, 2.45) is 0 Å². The average molecular weight is 1220 g/mol. The summed E-state index contributed by atoms with van der Waals surface area (Å²) in [6, 6.07) is 12.1. The summed E-state index contributed by atoms with van der Waals surface area (Å²) in [6.45, 7) is 39.8. The molecule has 12 nitrogen and oxygen atoms in total. The summed E-state index contributed by atoms with van der Waals surface area (Å²) >= 11 is 18.2. The van der Waals surface area contributed by atoms with Crippen LogP contribution in [-0.4, -0.2) is 103 Å². The maximum atomic E-state index is 13.0. The van der Waals surface area contributed by atoms with Crippen LogP contribution in [0.5, 0.6) is 17.2 Å². The highest BCUT2D eigenvalue weighted by molar-refractivity contribution is 7.80. The number of aryl methyl sites for hydroxylation is 3.